The van der Waals surface area contributed by atoms with Crippen molar-refractivity contribution in [3.63, 3.8) is 0 Å². The number of amides is 1. The van der Waals surface area contributed by atoms with E-state index in [1.807, 2.05) is 36.6 Å². The lowest BCUT2D eigenvalue weighted by Gasteiger charge is -2.12. The van der Waals surface area contributed by atoms with E-state index < -0.39 is 12.5 Å². The number of carbonyl (C=O) groups excluding carboxylic acids is 2. The zero-order valence-corrected chi connectivity index (χ0v) is 25.6. The number of halogens is 2. The van der Waals surface area contributed by atoms with Crippen molar-refractivity contribution < 1.29 is 23.5 Å². The SMILES string of the molecule is CC.NC(=O)c1ccc(O)c(C=O)c1.Nc1ncccc1-c1nc2ccc(-c3cnn(C(F)F)c3)nc2n1-c1ccc2c(c1)CCC2. The highest BCUT2D eigenvalue weighted by atomic mass is 19.3. The van der Waals surface area contributed by atoms with Gasteiger partial charge in [-0.15, -0.1) is 0 Å². The van der Waals surface area contributed by atoms with Crippen molar-refractivity contribution in [3.05, 3.63) is 102 Å². The highest BCUT2D eigenvalue weighted by Crippen LogP contribution is 2.33. The second-order valence-corrected chi connectivity index (χ2v) is 10.3. The molecule has 7 rings (SSSR count). The number of hydrogen-bond donors (Lipinski definition) is 3. The number of aromatic hydroxyl groups is 1. The van der Waals surface area contributed by atoms with Crippen LogP contribution < -0.4 is 11.5 Å². The lowest BCUT2D eigenvalue weighted by Crippen LogP contribution is -2.10. The number of phenols is 1. The van der Waals surface area contributed by atoms with Crippen molar-refractivity contribution in [3.8, 4) is 34.1 Å². The number of aromatic nitrogens is 6. The number of nitrogens with two attached hydrogens (primary N) is 2. The third kappa shape index (κ3) is 6.69. The van der Waals surface area contributed by atoms with E-state index in [0.717, 1.165) is 24.9 Å². The summed E-state index contributed by atoms with van der Waals surface area (Å²) < 4.78 is 28.6. The van der Waals surface area contributed by atoms with Crippen LogP contribution in [0, 0.1) is 0 Å². The molecule has 0 unspecified atom stereocenters. The molecule has 240 valence electrons. The van der Waals surface area contributed by atoms with Gasteiger partial charge in [0.05, 0.1) is 23.0 Å². The lowest BCUT2D eigenvalue weighted by molar-refractivity contribution is 0.0566. The number of rotatable bonds is 6. The van der Waals surface area contributed by atoms with Crippen LogP contribution in [-0.4, -0.2) is 46.6 Å². The number of primary amides is 1. The van der Waals surface area contributed by atoms with E-state index in [4.69, 9.17) is 26.5 Å². The molecule has 4 heterocycles. The third-order valence-corrected chi connectivity index (χ3v) is 7.46. The van der Waals surface area contributed by atoms with Gasteiger partial charge in [-0.05, 0) is 85.0 Å². The molecule has 4 aromatic heterocycles. The largest absolute Gasteiger partial charge is 0.507 e. The molecule has 0 saturated heterocycles. The summed E-state index contributed by atoms with van der Waals surface area (Å²) in [6.07, 6.45) is 8.03. The Balaban J connectivity index is 0.000000262. The molecule has 0 radical (unpaired) electrons. The number of phenolic OH excluding ortho intramolecular Hbond substituents is 1. The quantitative estimate of drug-likeness (QED) is 0.183. The molecule has 0 atom stereocenters. The first-order chi connectivity index (χ1) is 22.7. The van der Waals surface area contributed by atoms with Gasteiger partial charge in [0.2, 0.25) is 5.91 Å². The minimum absolute atomic E-state index is 0.0614. The van der Waals surface area contributed by atoms with Gasteiger partial charge in [0, 0.05) is 29.2 Å². The molecule has 2 aromatic carbocycles. The first kappa shape index (κ1) is 32.4. The summed E-state index contributed by atoms with van der Waals surface area (Å²) in [5.41, 5.74) is 18.0. The minimum Gasteiger partial charge on any atom is -0.507 e. The van der Waals surface area contributed by atoms with E-state index in [2.05, 4.69) is 28.3 Å². The number of pyridine rings is 2. The Morgan fingerprint density at radius 1 is 1.02 bits per heavy atom. The van der Waals surface area contributed by atoms with Crippen LogP contribution in [0.25, 0.3) is 39.5 Å². The predicted molar refractivity (Wildman–Crippen MR) is 174 cm³/mol. The molecule has 11 nitrogen and oxygen atoms in total. The Labute approximate surface area is 268 Å². The molecule has 6 aromatic rings. The number of imidazole rings is 1. The maximum atomic E-state index is 13.0. The van der Waals surface area contributed by atoms with Crippen LogP contribution in [0.1, 0.15) is 58.7 Å². The fourth-order valence-electron chi connectivity index (χ4n) is 5.23. The molecule has 1 amide bonds. The highest BCUT2D eigenvalue weighted by molar-refractivity contribution is 5.95. The van der Waals surface area contributed by atoms with Crippen LogP contribution in [0.2, 0.25) is 0 Å². The number of carbonyl (C=O) groups is 2. The van der Waals surface area contributed by atoms with Crippen molar-refractivity contribution in [1.82, 2.24) is 29.3 Å². The average Bonchev–Trinajstić information content (AvgIpc) is 3.84. The summed E-state index contributed by atoms with van der Waals surface area (Å²) in [5.74, 6) is 0.211. The lowest BCUT2D eigenvalue weighted by atomic mass is 10.1. The van der Waals surface area contributed by atoms with Gasteiger partial charge in [0.25, 0.3) is 0 Å². The molecule has 5 N–H and O–H groups in total. The van der Waals surface area contributed by atoms with Crippen LogP contribution in [0.3, 0.4) is 0 Å². The highest BCUT2D eigenvalue weighted by Gasteiger charge is 2.21. The number of fused-ring (bicyclic) bond motifs is 2. The normalized spacial score (nSPS) is 11.8. The van der Waals surface area contributed by atoms with Gasteiger partial charge in [-0.1, -0.05) is 19.9 Å². The maximum absolute atomic E-state index is 13.0. The van der Waals surface area contributed by atoms with Crippen molar-refractivity contribution in [2.75, 3.05) is 5.73 Å². The zero-order chi connectivity index (χ0) is 33.7. The van der Waals surface area contributed by atoms with E-state index in [1.165, 1.54) is 41.7 Å². The van der Waals surface area contributed by atoms with E-state index in [1.54, 1.807) is 12.3 Å². The molecule has 47 heavy (non-hydrogen) atoms. The summed E-state index contributed by atoms with van der Waals surface area (Å²) in [7, 11) is 0. The monoisotopic (exact) mass is 638 g/mol. The molecule has 13 heteroatoms. The summed E-state index contributed by atoms with van der Waals surface area (Å²) >= 11 is 0. The zero-order valence-electron chi connectivity index (χ0n) is 25.6. The summed E-state index contributed by atoms with van der Waals surface area (Å²) in [4.78, 5) is 34.7. The number of aryl methyl sites for hydroxylation is 2. The number of nitrogen functional groups attached to an aromatic ring is 1. The van der Waals surface area contributed by atoms with Crippen molar-refractivity contribution in [1.29, 1.82) is 0 Å². The molecule has 0 bridgehead atoms. The van der Waals surface area contributed by atoms with Crippen molar-refractivity contribution in [2.45, 2.75) is 39.7 Å². The first-order valence-electron chi connectivity index (χ1n) is 14.9. The molecule has 1 aliphatic rings. The van der Waals surface area contributed by atoms with E-state index in [9.17, 15) is 18.4 Å². The Morgan fingerprint density at radius 3 is 2.51 bits per heavy atom. The van der Waals surface area contributed by atoms with E-state index >= 15 is 0 Å². The molecular formula is C34H32F2N8O3. The van der Waals surface area contributed by atoms with Gasteiger partial charge in [-0.2, -0.15) is 13.9 Å². The third-order valence-electron chi connectivity index (χ3n) is 7.46. The fourth-order valence-corrected chi connectivity index (χ4v) is 5.23. The van der Waals surface area contributed by atoms with E-state index in [0.29, 0.717) is 50.6 Å². The van der Waals surface area contributed by atoms with Crippen molar-refractivity contribution in [2.24, 2.45) is 5.73 Å². The van der Waals surface area contributed by atoms with E-state index in [-0.39, 0.29) is 16.9 Å². The number of benzene rings is 2. The van der Waals surface area contributed by atoms with Crippen LogP contribution in [0.4, 0.5) is 14.6 Å². The van der Waals surface area contributed by atoms with Crippen LogP contribution in [-0.2, 0) is 12.8 Å². The Kier molecular flexibility index (Phi) is 9.64. The number of aldehydes is 1. The average molecular weight is 639 g/mol. The Morgan fingerprint density at radius 2 is 1.81 bits per heavy atom. The topological polar surface area (TPSA) is 168 Å². The van der Waals surface area contributed by atoms with Crippen molar-refractivity contribution >= 4 is 29.2 Å². The maximum Gasteiger partial charge on any atom is 0.333 e. The second-order valence-electron chi connectivity index (χ2n) is 10.3. The number of nitrogens with zero attached hydrogens (tertiary/aromatic N) is 6. The molecule has 0 fully saturated rings. The molecule has 1 aliphatic carbocycles. The fraction of sp³-hybridized carbons (Fsp3) is 0.176. The molecule has 0 aliphatic heterocycles. The van der Waals surface area contributed by atoms with Gasteiger partial charge >= 0.3 is 6.55 Å². The van der Waals surface area contributed by atoms with Gasteiger partial charge in [0.1, 0.15) is 17.1 Å². The number of alkyl halides is 2. The van der Waals surface area contributed by atoms with Crippen LogP contribution >= 0.6 is 0 Å². The molecule has 0 spiro atoms. The number of anilines is 1. The summed E-state index contributed by atoms with van der Waals surface area (Å²) in [5, 5.41) is 12.8. The molecular weight excluding hydrogens is 606 g/mol. The van der Waals surface area contributed by atoms with Gasteiger partial charge in [-0.3, -0.25) is 14.2 Å². The standard InChI is InChI=1S/C24H19F2N7.C8H7NO3.C2H6/c25-24(26)32-13-16(12-29-32)19-8-9-20-23(30-19)33(17-7-6-14-3-1-4-15(14)11-17)22(31-20)18-5-2-10-28-21(18)27;9-8(12)5-1-2-7(11)6(3-5)4-10;1-2/h2,5-13,24H,1,3-4H2,(H2,27,28);1-4,11H,(H2,9,12);1-2H3. The summed E-state index contributed by atoms with van der Waals surface area (Å²) in [6, 6.07) is 17.5. The van der Waals surface area contributed by atoms with Gasteiger partial charge in [-0.25, -0.2) is 19.6 Å². The Bertz CT molecular complexity index is 2070. The number of hydrogen-bond acceptors (Lipinski definition) is 8. The van der Waals surface area contributed by atoms with Gasteiger partial charge in [0.15, 0.2) is 17.8 Å². The summed E-state index contributed by atoms with van der Waals surface area (Å²) in [6.45, 7) is 1.29. The smallest absolute Gasteiger partial charge is 0.333 e. The van der Waals surface area contributed by atoms with Crippen LogP contribution in [0.5, 0.6) is 5.75 Å². The predicted octanol–water partition coefficient (Wildman–Crippen LogP) is 6.14. The van der Waals surface area contributed by atoms with Gasteiger partial charge < -0.3 is 16.6 Å². The minimum atomic E-state index is -2.71. The first-order valence-corrected chi connectivity index (χ1v) is 14.9. The van der Waals surface area contributed by atoms with Crippen LogP contribution in [0.15, 0.2) is 79.3 Å². The molecule has 0 saturated carbocycles. The Hall–Kier alpha value is -5.98. The second kappa shape index (κ2) is 14.0.